The van der Waals surface area contributed by atoms with Crippen molar-refractivity contribution >= 4 is 18.3 Å². The van der Waals surface area contributed by atoms with E-state index in [1.165, 1.54) is 0 Å². The standard InChI is InChI=1S/C10H21N3O.ClH/c1-2-9(11)10(14)13-8-4-3-6-12-7-5-8;/h8-9,12H,2-7,11H2,1H3,(H,13,14);1H/t8?,9-;/m0./s1. The van der Waals surface area contributed by atoms with Crippen molar-refractivity contribution in [2.75, 3.05) is 13.1 Å². The van der Waals surface area contributed by atoms with E-state index in [-0.39, 0.29) is 24.4 Å². The molecule has 1 aliphatic heterocycles. The summed E-state index contributed by atoms with van der Waals surface area (Å²) in [5.74, 6) is -0.000556. The molecule has 4 nitrogen and oxygen atoms in total. The van der Waals surface area contributed by atoms with Gasteiger partial charge in [-0.15, -0.1) is 12.4 Å². The van der Waals surface area contributed by atoms with Crippen LogP contribution in [-0.2, 0) is 4.79 Å². The van der Waals surface area contributed by atoms with Crippen LogP contribution in [0.1, 0.15) is 32.6 Å². The monoisotopic (exact) mass is 235 g/mol. The van der Waals surface area contributed by atoms with Crippen molar-refractivity contribution in [2.24, 2.45) is 5.73 Å². The average Bonchev–Trinajstić information content (AvgIpc) is 2.45. The smallest absolute Gasteiger partial charge is 0.237 e. The summed E-state index contributed by atoms with van der Waals surface area (Å²) >= 11 is 0. The highest BCUT2D eigenvalue weighted by Crippen LogP contribution is 2.05. The third-order valence-corrected chi connectivity index (χ3v) is 2.70. The molecule has 1 unspecified atom stereocenters. The fourth-order valence-corrected chi connectivity index (χ4v) is 1.66. The highest BCUT2D eigenvalue weighted by molar-refractivity contribution is 5.85. The van der Waals surface area contributed by atoms with Gasteiger partial charge in [0.1, 0.15) is 0 Å². The molecule has 1 amide bonds. The van der Waals surface area contributed by atoms with Crippen LogP contribution in [0.3, 0.4) is 0 Å². The van der Waals surface area contributed by atoms with Crippen molar-refractivity contribution in [3.63, 3.8) is 0 Å². The number of amides is 1. The van der Waals surface area contributed by atoms with Gasteiger partial charge in [-0.25, -0.2) is 0 Å². The van der Waals surface area contributed by atoms with E-state index in [9.17, 15) is 4.79 Å². The van der Waals surface area contributed by atoms with E-state index in [0.29, 0.717) is 12.5 Å². The van der Waals surface area contributed by atoms with Crippen LogP contribution in [0.2, 0.25) is 0 Å². The first-order valence-corrected chi connectivity index (χ1v) is 5.50. The Morgan fingerprint density at radius 3 is 2.93 bits per heavy atom. The zero-order valence-corrected chi connectivity index (χ0v) is 10.1. The Bertz CT molecular complexity index is 182. The zero-order valence-electron chi connectivity index (χ0n) is 9.29. The van der Waals surface area contributed by atoms with E-state index < -0.39 is 0 Å². The summed E-state index contributed by atoms with van der Waals surface area (Å²) in [5, 5.41) is 6.32. The van der Waals surface area contributed by atoms with E-state index in [1.54, 1.807) is 0 Å². The summed E-state index contributed by atoms with van der Waals surface area (Å²) in [6.07, 6.45) is 3.92. The van der Waals surface area contributed by atoms with Gasteiger partial charge in [-0.1, -0.05) is 6.92 Å². The summed E-state index contributed by atoms with van der Waals surface area (Å²) in [5.41, 5.74) is 5.65. The molecule has 1 fully saturated rings. The number of nitrogens with two attached hydrogens (primary N) is 1. The minimum absolute atomic E-state index is 0. The summed E-state index contributed by atoms with van der Waals surface area (Å²) < 4.78 is 0. The molecule has 1 saturated heterocycles. The Morgan fingerprint density at radius 1 is 1.53 bits per heavy atom. The topological polar surface area (TPSA) is 67.2 Å². The average molecular weight is 236 g/mol. The fraction of sp³-hybridized carbons (Fsp3) is 0.900. The normalized spacial score (nSPS) is 23.5. The lowest BCUT2D eigenvalue weighted by Crippen LogP contribution is -2.45. The molecule has 0 bridgehead atoms. The molecule has 0 radical (unpaired) electrons. The maximum atomic E-state index is 11.5. The van der Waals surface area contributed by atoms with Gasteiger partial charge in [-0.05, 0) is 38.8 Å². The first-order chi connectivity index (χ1) is 6.74. The fourth-order valence-electron chi connectivity index (χ4n) is 1.66. The van der Waals surface area contributed by atoms with Gasteiger partial charge in [0.25, 0.3) is 0 Å². The summed E-state index contributed by atoms with van der Waals surface area (Å²) in [6.45, 7) is 3.98. The second-order valence-corrected chi connectivity index (χ2v) is 3.90. The molecule has 0 aliphatic carbocycles. The van der Waals surface area contributed by atoms with Crippen LogP contribution >= 0.6 is 12.4 Å². The molecule has 1 heterocycles. The molecule has 0 aromatic heterocycles. The molecule has 0 spiro atoms. The Hall–Kier alpha value is -0.320. The van der Waals surface area contributed by atoms with E-state index >= 15 is 0 Å². The quantitative estimate of drug-likeness (QED) is 0.664. The Balaban J connectivity index is 0.00000196. The molecule has 15 heavy (non-hydrogen) atoms. The SMILES string of the molecule is CC[C@H](N)C(=O)NC1CCCNCC1.Cl. The Labute approximate surface area is 97.8 Å². The number of hydrogen-bond acceptors (Lipinski definition) is 3. The van der Waals surface area contributed by atoms with Gasteiger partial charge < -0.3 is 16.4 Å². The van der Waals surface area contributed by atoms with Crippen LogP contribution in [0.4, 0.5) is 0 Å². The highest BCUT2D eigenvalue weighted by atomic mass is 35.5. The van der Waals surface area contributed by atoms with Crippen LogP contribution in [-0.4, -0.2) is 31.1 Å². The second kappa shape index (κ2) is 7.91. The van der Waals surface area contributed by atoms with Crippen LogP contribution < -0.4 is 16.4 Å². The minimum Gasteiger partial charge on any atom is -0.352 e. The molecule has 90 valence electrons. The second-order valence-electron chi connectivity index (χ2n) is 3.90. The number of rotatable bonds is 3. The predicted molar refractivity (Wildman–Crippen MR) is 64.2 cm³/mol. The largest absolute Gasteiger partial charge is 0.352 e. The van der Waals surface area contributed by atoms with Crippen molar-refractivity contribution in [3.8, 4) is 0 Å². The van der Waals surface area contributed by atoms with Crippen LogP contribution in [0, 0.1) is 0 Å². The molecule has 1 rings (SSSR count). The van der Waals surface area contributed by atoms with E-state index in [4.69, 9.17) is 5.73 Å². The summed E-state index contributed by atoms with van der Waals surface area (Å²) in [4.78, 5) is 11.5. The van der Waals surface area contributed by atoms with Gasteiger partial charge in [-0.2, -0.15) is 0 Å². The molecular formula is C10H22ClN3O. The number of halogens is 1. The predicted octanol–water partition coefficient (Wildman–Crippen LogP) is 0.404. The number of hydrogen-bond donors (Lipinski definition) is 3. The van der Waals surface area contributed by atoms with Gasteiger partial charge in [0.05, 0.1) is 6.04 Å². The van der Waals surface area contributed by atoms with Crippen molar-refractivity contribution in [2.45, 2.75) is 44.7 Å². The van der Waals surface area contributed by atoms with Crippen molar-refractivity contribution in [1.29, 1.82) is 0 Å². The van der Waals surface area contributed by atoms with E-state index in [2.05, 4.69) is 10.6 Å². The Morgan fingerprint density at radius 2 is 2.27 bits per heavy atom. The number of carbonyl (C=O) groups is 1. The molecule has 1 aliphatic rings. The maximum Gasteiger partial charge on any atom is 0.237 e. The van der Waals surface area contributed by atoms with E-state index in [0.717, 1.165) is 32.4 Å². The third kappa shape index (κ3) is 5.35. The number of carbonyl (C=O) groups excluding carboxylic acids is 1. The molecule has 2 atom stereocenters. The first kappa shape index (κ1) is 14.7. The van der Waals surface area contributed by atoms with Gasteiger partial charge in [0.2, 0.25) is 5.91 Å². The molecule has 0 saturated carbocycles. The number of nitrogens with one attached hydrogen (secondary N) is 2. The van der Waals surface area contributed by atoms with Crippen molar-refractivity contribution < 1.29 is 4.79 Å². The molecule has 5 heteroatoms. The Kier molecular flexibility index (Phi) is 7.74. The highest BCUT2D eigenvalue weighted by Gasteiger charge is 2.17. The summed E-state index contributed by atoms with van der Waals surface area (Å²) in [7, 11) is 0. The molecule has 0 aromatic rings. The van der Waals surface area contributed by atoms with Gasteiger partial charge in [0.15, 0.2) is 0 Å². The van der Waals surface area contributed by atoms with Crippen LogP contribution in [0.5, 0.6) is 0 Å². The maximum absolute atomic E-state index is 11.5. The van der Waals surface area contributed by atoms with Gasteiger partial charge in [-0.3, -0.25) is 4.79 Å². The minimum atomic E-state index is -0.341. The van der Waals surface area contributed by atoms with E-state index in [1.807, 2.05) is 6.92 Å². The zero-order chi connectivity index (χ0) is 10.4. The third-order valence-electron chi connectivity index (χ3n) is 2.70. The van der Waals surface area contributed by atoms with Gasteiger partial charge >= 0.3 is 0 Å². The van der Waals surface area contributed by atoms with Crippen LogP contribution in [0.25, 0.3) is 0 Å². The lowest BCUT2D eigenvalue weighted by atomic mass is 10.1. The summed E-state index contributed by atoms with van der Waals surface area (Å²) in [6, 6.07) is -0.0266. The van der Waals surface area contributed by atoms with Crippen molar-refractivity contribution in [3.05, 3.63) is 0 Å². The lowest BCUT2D eigenvalue weighted by molar-refractivity contribution is -0.123. The molecule has 0 aromatic carbocycles. The van der Waals surface area contributed by atoms with Gasteiger partial charge in [0, 0.05) is 6.04 Å². The molecule has 4 N–H and O–H groups in total. The lowest BCUT2D eigenvalue weighted by Gasteiger charge is -2.18. The van der Waals surface area contributed by atoms with Crippen LogP contribution in [0.15, 0.2) is 0 Å². The van der Waals surface area contributed by atoms with Crippen molar-refractivity contribution in [1.82, 2.24) is 10.6 Å². The first-order valence-electron chi connectivity index (χ1n) is 5.50. The molecular weight excluding hydrogens is 214 g/mol.